The topological polar surface area (TPSA) is 87.5 Å². The number of benzene rings is 1. The zero-order valence-electron chi connectivity index (χ0n) is 18.2. The first-order chi connectivity index (χ1) is 16.1. The van der Waals surface area contributed by atoms with Crippen molar-refractivity contribution in [3.63, 3.8) is 0 Å². The highest BCUT2D eigenvalue weighted by Crippen LogP contribution is 2.26. The minimum absolute atomic E-state index is 0.0277. The second-order valence-electron chi connectivity index (χ2n) is 8.37. The third-order valence-corrected chi connectivity index (χ3v) is 6.86. The highest BCUT2D eigenvalue weighted by molar-refractivity contribution is 7.08. The lowest BCUT2D eigenvalue weighted by Crippen LogP contribution is -2.50. The molecule has 170 valence electrons. The summed E-state index contributed by atoms with van der Waals surface area (Å²) in [5.41, 5.74) is 4.24. The van der Waals surface area contributed by atoms with Gasteiger partial charge in [0, 0.05) is 43.9 Å². The van der Waals surface area contributed by atoms with Crippen molar-refractivity contribution in [2.24, 2.45) is 0 Å². The number of fused-ring (bicyclic) bond motifs is 1. The quantitative estimate of drug-likeness (QED) is 0.624. The predicted molar refractivity (Wildman–Crippen MR) is 124 cm³/mol. The molecule has 3 amide bonds. The van der Waals surface area contributed by atoms with Crippen LogP contribution in [0.4, 0.5) is 0 Å². The lowest BCUT2D eigenvalue weighted by atomic mass is 10.0. The van der Waals surface area contributed by atoms with Crippen molar-refractivity contribution in [1.82, 2.24) is 24.9 Å². The maximum absolute atomic E-state index is 13.4. The number of carbonyl (C=O) groups is 3. The molecule has 3 aromatic rings. The first-order valence-corrected chi connectivity index (χ1v) is 12.0. The number of aromatic nitrogens is 2. The molecule has 1 saturated heterocycles. The highest BCUT2D eigenvalue weighted by Gasteiger charge is 2.33. The summed E-state index contributed by atoms with van der Waals surface area (Å²) in [7, 11) is 0. The molecule has 9 heteroatoms. The Kier molecular flexibility index (Phi) is 5.95. The van der Waals surface area contributed by atoms with E-state index >= 15 is 0 Å². The molecule has 2 aliphatic rings. The van der Waals surface area contributed by atoms with Crippen LogP contribution in [0.3, 0.4) is 0 Å². The van der Waals surface area contributed by atoms with Crippen LogP contribution in [0.2, 0.25) is 0 Å². The maximum Gasteiger partial charge on any atom is 0.275 e. The van der Waals surface area contributed by atoms with E-state index < -0.39 is 0 Å². The molecule has 0 radical (unpaired) electrons. The number of rotatable bonds is 5. The minimum atomic E-state index is -0.250. The van der Waals surface area contributed by atoms with Gasteiger partial charge in [-0.05, 0) is 28.0 Å². The fourth-order valence-corrected chi connectivity index (χ4v) is 5.07. The van der Waals surface area contributed by atoms with E-state index in [2.05, 4.69) is 5.32 Å². The molecule has 5 rings (SSSR count). The summed E-state index contributed by atoms with van der Waals surface area (Å²) >= 11 is 1.58. The first kappa shape index (κ1) is 21.4. The lowest BCUT2D eigenvalue weighted by Gasteiger charge is -2.29. The van der Waals surface area contributed by atoms with E-state index in [1.54, 1.807) is 16.2 Å². The zero-order valence-corrected chi connectivity index (χ0v) is 19.0. The monoisotopic (exact) mass is 463 g/mol. The second kappa shape index (κ2) is 9.19. The Morgan fingerprint density at radius 3 is 2.64 bits per heavy atom. The summed E-state index contributed by atoms with van der Waals surface area (Å²) in [5, 5.41) is 11.4. The van der Waals surface area contributed by atoms with Crippen molar-refractivity contribution in [3.8, 4) is 0 Å². The first-order valence-electron chi connectivity index (χ1n) is 11.1. The SMILES string of the molecule is O=C1CN(C(=O)c2nn(Cc3ccccc3)c3c2CN(C(=O)Cc2ccsc2)CC3)CCN1. The second-order valence-corrected chi connectivity index (χ2v) is 9.15. The maximum atomic E-state index is 13.4. The Morgan fingerprint density at radius 1 is 1.03 bits per heavy atom. The van der Waals surface area contributed by atoms with Crippen molar-refractivity contribution in [3.05, 3.63) is 75.2 Å². The molecule has 33 heavy (non-hydrogen) atoms. The molecule has 1 fully saturated rings. The third kappa shape index (κ3) is 4.54. The molecular formula is C24H25N5O3S. The molecule has 2 aliphatic heterocycles. The summed E-state index contributed by atoms with van der Waals surface area (Å²) in [6.07, 6.45) is 0.991. The van der Waals surface area contributed by atoms with Crippen LogP contribution in [0.25, 0.3) is 0 Å². The Labute approximate surface area is 195 Å². The van der Waals surface area contributed by atoms with Crippen LogP contribution in [-0.4, -0.2) is 63.5 Å². The van der Waals surface area contributed by atoms with Crippen LogP contribution in [0.5, 0.6) is 0 Å². The van der Waals surface area contributed by atoms with Crippen molar-refractivity contribution >= 4 is 29.1 Å². The summed E-state index contributed by atoms with van der Waals surface area (Å²) in [5.74, 6) is -0.370. The van der Waals surface area contributed by atoms with E-state index in [-0.39, 0.29) is 24.3 Å². The normalized spacial score (nSPS) is 15.8. The Bertz CT molecular complexity index is 1170. The highest BCUT2D eigenvalue weighted by atomic mass is 32.1. The molecule has 2 aromatic heterocycles. The zero-order chi connectivity index (χ0) is 22.8. The van der Waals surface area contributed by atoms with Gasteiger partial charge in [0.05, 0.1) is 19.5 Å². The molecule has 0 bridgehead atoms. The van der Waals surface area contributed by atoms with E-state index in [4.69, 9.17) is 5.10 Å². The molecule has 8 nitrogen and oxygen atoms in total. The minimum Gasteiger partial charge on any atom is -0.353 e. The third-order valence-electron chi connectivity index (χ3n) is 6.13. The van der Waals surface area contributed by atoms with Crippen molar-refractivity contribution in [2.75, 3.05) is 26.2 Å². The van der Waals surface area contributed by atoms with Gasteiger partial charge in [0.25, 0.3) is 5.91 Å². The average Bonchev–Trinajstić information content (AvgIpc) is 3.47. The van der Waals surface area contributed by atoms with Gasteiger partial charge in [0.15, 0.2) is 5.69 Å². The number of nitrogens with one attached hydrogen (secondary N) is 1. The van der Waals surface area contributed by atoms with Gasteiger partial charge in [-0.15, -0.1) is 0 Å². The van der Waals surface area contributed by atoms with Gasteiger partial charge in [-0.1, -0.05) is 30.3 Å². The van der Waals surface area contributed by atoms with E-state index in [1.807, 2.05) is 56.7 Å². The van der Waals surface area contributed by atoms with Gasteiger partial charge in [-0.3, -0.25) is 19.1 Å². The number of piperazine rings is 1. The fraction of sp³-hybridized carbons (Fsp3) is 0.333. The van der Waals surface area contributed by atoms with Crippen LogP contribution >= 0.6 is 11.3 Å². The molecule has 4 heterocycles. The van der Waals surface area contributed by atoms with Crippen LogP contribution in [0.1, 0.15) is 32.9 Å². The van der Waals surface area contributed by atoms with Crippen LogP contribution < -0.4 is 5.32 Å². The van der Waals surface area contributed by atoms with Crippen LogP contribution in [0.15, 0.2) is 47.2 Å². The van der Waals surface area contributed by atoms with Crippen molar-refractivity contribution in [2.45, 2.75) is 25.9 Å². The summed E-state index contributed by atoms with van der Waals surface area (Å²) in [6, 6.07) is 12.0. The van der Waals surface area contributed by atoms with E-state index in [9.17, 15) is 14.4 Å². The Hall–Kier alpha value is -3.46. The number of nitrogens with zero attached hydrogens (tertiary/aromatic N) is 4. The smallest absolute Gasteiger partial charge is 0.275 e. The average molecular weight is 464 g/mol. The van der Waals surface area contributed by atoms with Gasteiger partial charge in [-0.2, -0.15) is 16.4 Å². The molecule has 1 aromatic carbocycles. The molecule has 0 unspecified atom stereocenters. The standard InChI is InChI=1S/C24H25N5O3S/c30-21-15-28(10-8-25-21)24(32)23-19-14-27(22(31)12-18-7-11-33-16-18)9-6-20(19)29(26-23)13-17-4-2-1-3-5-17/h1-5,7,11,16H,6,8-10,12-15H2,(H,25,30). The number of amides is 3. The lowest BCUT2D eigenvalue weighted by molar-refractivity contribution is -0.131. The van der Waals surface area contributed by atoms with Crippen molar-refractivity contribution < 1.29 is 14.4 Å². The molecule has 0 aliphatic carbocycles. The van der Waals surface area contributed by atoms with E-state index in [0.29, 0.717) is 51.3 Å². The summed E-state index contributed by atoms with van der Waals surface area (Å²) in [4.78, 5) is 41.5. The van der Waals surface area contributed by atoms with Crippen LogP contribution in [-0.2, 0) is 35.5 Å². The Balaban J connectivity index is 1.44. The van der Waals surface area contributed by atoms with Gasteiger partial charge >= 0.3 is 0 Å². The largest absolute Gasteiger partial charge is 0.353 e. The van der Waals surface area contributed by atoms with E-state index in [1.165, 1.54) is 0 Å². The number of thiophene rings is 1. The van der Waals surface area contributed by atoms with Gasteiger partial charge in [0.1, 0.15) is 0 Å². The van der Waals surface area contributed by atoms with E-state index in [0.717, 1.165) is 22.4 Å². The van der Waals surface area contributed by atoms with Crippen molar-refractivity contribution in [1.29, 1.82) is 0 Å². The molecule has 0 spiro atoms. The van der Waals surface area contributed by atoms with Gasteiger partial charge < -0.3 is 15.1 Å². The Morgan fingerprint density at radius 2 is 1.88 bits per heavy atom. The summed E-state index contributed by atoms with van der Waals surface area (Å²) in [6.45, 7) is 2.42. The van der Waals surface area contributed by atoms with Gasteiger partial charge in [-0.25, -0.2) is 0 Å². The fourth-order valence-electron chi connectivity index (χ4n) is 4.40. The molecular weight excluding hydrogens is 438 g/mol. The molecule has 0 atom stereocenters. The van der Waals surface area contributed by atoms with Gasteiger partial charge in [0.2, 0.25) is 11.8 Å². The molecule has 0 saturated carbocycles. The number of hydrogen-bond acceptors (Lipinski definition) is 5. The molecule has 1 N–H and O–H groups in total. The summed E-state index contributed by atoms with van der Waals surface area (Å²) < 4.78 is 1.89. The number of carbonyl (C=O) groups excluding carboxylic acids is 3. The van der Waals surface area contributed by atoms with Crippen LogP contribution in [0, 0.1) is 0 Å². The predicted octanol–water partition coefficient (Wildman–Crippen LogP) is 1.69. The number of hydrogen-bond donors (Lipinski definition) is 1.